The lowest BCUT2D eigenvalue weighted by atomic mass is 9.98. The summed E-state index contributed by atoms with van der Waals surface area (Å²) in [6.45, 7) is 0. The second-order valence-electron chi connectivity index (χ2n) is 13.0. The quantitative estimate of drug-likeness (QED) is 0.182. The maximum atomic E-state index is 9.54. The molecule has 50 heavy (non-hydrogen) atoms. The lowest BCUT2D eigenvalue weighted by molar-refractivity contribution is 1.17. The summed E-state index contributed by atoms with van der Waals surface area (Å²) in [6.07, 6.45) is 0. The topological polar surface area (TPSA) is 9.86 Å². The largest absolute Gasteiger partial charge is 0.309 e. The lowest BCUT2D eigenvalue weighted by Gasteiger charge is -2.12. The van der Waals surface area contributed by atoms with Gasteiger partial charge in [-0.1, -0.05) is 133 Å². The van der Waals surface area contributed by atoms with Crippen LogP contribution in [0.4, 0.5) is 0 Å². The first-order valence-corrected chi connectivity index (χ1v) is 16.9. The molecule has 0 saturated carbocycles. The van der Waals surface area contributed by atoms with E-state index in [0.717, 1.165) is 60.1 Å². The summed E-state index contributed by atoms with van der Waals surface area (Å²) in [6, 6.07) is 53.8. The molecule has 0 bridgehead atoms. The molecule has 2 aromatic heterocycles. The van der Waals surface area contributed by atoms with Gasteiger partial charge < -0.3 is 9.13 Å². The van der Waals surface area contributed by atoms with Crippen LogP contribution in [0.3, 0.4) is 0 Å². The third kappa shape index (κ3) is 3.90. The third-order valence-corrected chi connectivity index (χ3v) is 10.3. The fourth-order valence-corrected chi connectivity index (χ4v) is 8.08. The number of benzene rings is 9. The zero-order chi connectivity index (χ0) is 36.2. The van der Waals surface area contributed by atoms with Crippen molar-refractivity contribution in [3.63, 3.8) is 0 Å². The number of rotatable bonds is 3. The summed E-state index contributed by atoms with van der Waals surface area (Å²) in [5.41, 5.74) is 5.99. The Bertz CT molecular complexity index is 3360. The van der Waals surface area contributed by atoms with E-state index in [2.05, 4.69) is 102 Å². The number of hydrogen-bond acceptors (Lipinski definition) is 0. The van der Waals surface area contributed by atoms with Gasteiger partial charge in [-0.3, -0.25) is 0 Å². The number of nitrogens with zero attached hydrogens (tertiary/aromatic N) is 2. The van der Waals surface area contributed by atoms with E-state index in [-0.39, 0.29) is 29.9 Å². The van der Waals surface area contributed by atoms with Gasteiger partial charge in [0.2, 0.25) is 0 Å². The smallest absolute Gasteiger partial charge is 0.0645 e. The molecule has 0 spiro atoms. The van der Waals surface area contributed by atoms with Crippen molar-refractivity contribution in [2.24, 2.45) is 0 Å². The Labute approximate surface area is 294 Å². The zero-order valence-electron chi connectivity index (χ0n) is 30.9. The molecular formula is C48H30N2. The first-order chi connectivity index (χ1) is 26.5. The van der Waals surface area contributed by atoms with Crippen LogP contribution >= 0.6 is 0 Å². The van der Waals surface area contributed by atoms with E-state index in [1.54, 1.807) is 0 Å². The van der Waals surface area contributed by atoms with Crippen molar-refractivity contribution in [1.82, 2.24) is 9.13 Å². The second kappa shape index (κ2) is 10.4. The molecule has 11 aromatic rings. The molecule has 232 valence electrons. The van der Waals surface area contributed by atoms with Gasteiger partial charge in [0.1, 0.15) is 0 Å². The van der Waals surface area contributed by atoms with Gasteiger partial charge in [-0.05, 0) is 91.9 Å². The summed E-state index contributed by atoms with van der Waals surface area (Å²) in [5, 5.41) is 10.8. The molecule has 0 aliphatic carbocycles. The van der Waals surface area contributed by atoms with Gasteiger partial charge in [0.05, 0.1) is 27.5 Å². The lowest BCUT2D eigenvalue weighted by Crippen LogP contribution is -1.96. The highest BCUT2D eigenvalue weighted by molar-refractivity contribution is 6.25. The van der Waals surface area contributed by atoms with Gasteiger partial charge in [0, 0.05) is 32.9 Å². The van der Waals surface area contributed by atoms with Crippen molar-refractivity contribution in [3.8, 4) is 22.5 Å². The molecule has 0 unspecified atom stereocenters. The minimum Gasteiger partial charge on any atom is -0.309 e. The summed E-state index contributed by atoms with van der Waals surface area (Å²) in [4.78, 5) is 0. The monoisotopic (exact) mass is 638 g/mol. The normalized spacial score (nSPS) is 13.1. The van der Waals surface area contributed by atoms with E-state index >= 15 is 0 Å². The highest BCUT2D eigenvalue weighted by atomic mass is 15.0. The molecule has 0 saturated heterocycles. The van der Waals surface area contributed by atoms with Crippen molar-refractivity contribution >= 4 is 75.9 Å². The van der Waals surface area contributed by atoms with Crippen LogP contribution in [0.1, 0.15) is 5.48 Å². The molecule has 2 nitrogen and oxygen atoms in total. The maximum absolute atomic E-state index is 9.54. The molecule has 0 amide bonds. The molecule has 2 heterocycles. The van der Waals surface area contributed by atoms with Crippen molar-refractivity contribution in [2.75, 3.05) is 0 Å². The summed E-state index contributed by atoms with van der Waals surface area (Å²) in [7, 11) is 0. The van der Waals surface area contributed by atoms with E-state index in [1.807, 2.05) is 65.2 Å². The standard InChI is InChI=1S/C48H30N2/c1-2-13-35-28-37(26-20-31(35)10-1)50-45-27-23-33-12-4-6-16-40(33)48(45)43-29-42-41-17-7-8-19-44(41)49(46(42)30-47(43)50)36-24-21-34(22-25-36)39-18-9-14-32-11-3-5-15-38(32)39/h1-30H/i21D,22D,24D,25D. The minimum absolute atomic E-state index is 0.0638. The summed E-state index contributed by atoms with van der Waals surface area (Å²) >= 11 is 0. The van der Waals surface area contributed by atoms with Crippen molar-refractivity contribution in [2.45, 2.75) is 0 Å². The Morgan fingerprint density at radius 1 is 0.340 bits per heavy atom. The SMILES string of the molecule is [2H]c1c([2H])c(-n2c3ccccc3c3cc4c5c6ccccc6ccc5n(-c5ccc6ccccc6c5)c4cc32)c([2H])c([2H])c1-c1cccc2ccccc12. The highest BCUT2D eigenvalue weighted by Gasteiger charge is 2.20. The minimum atomic E-state index is -0.0808. The molecule has 0 aliphatic rings. The van der Waals surface area contributed by atoms with Gasteiger partial charge in [0.25, 0.3) is 0 Å². The van der Waals surface area contributed by atoms with Gasteiger partial charge in [-0.15, -0.1) is 0 Å². The van der Waals surface area contributed by atoms with Crippen LogP contribution in [0.25, 0.3) is 98.4 Å². The zero-order valence-corrected chi connectivity index (χ0v) is 26.9. The van der Waals surface area contributed by atoms with E-state index in [4.69, 9.17) is 0 Å². The third-order valence-electron chi connectivity index (χ3n) is 10.3. The van der Waals surface area contributed by atoms with Gasteiger partial charge in [0.15, 0.2) is 0 Å². The van der Waals surface area contributed by atoms with Gasteiger partial charge in [-0.2, -0.15) is 0 Å². The van der Waals surface area contributed by atoms with E-state index in [1.165, 1.54) is 21.5 Å². The van der Waals surface area contributed by atoms with Crippen LogP contribution in [0.2, 0.25) is 0 Å². The van der Waals surface area contributed by atoms with Crippen LogP contribution in [0.15, 0.2) is 182 Å². The maximum Gasteiger partial charge on any atom is 0.0645 e. The van der Waals surface area contributed by atoms with Crippen molar-refractivity contribution in [1.29, 1.82) is 0 Å². The molecule has 0 N–H and O–H groups in total. The van der Waals surface area contributed by atoms with Gasteiger partial charge >= 0.3 is 0 Å². The number of para-hydroxylation sites is 1. The predicted octanol–water partition coefficient (Wildman–Crippen LogP) is 13.0. The summed E-state index contributed by atoms with van der Waals surface area (Å²) in [5.74, 6) is 0. The Balaban J connectivity index is 1.27. The van der Waals surface area contributed by atoms with Gasteiger partial charge in [-0.25, -0.2) is 0 Å². The van der Waals surface area contributed by atoms with Crippen LogP contribution in [0.5, 0.6) is 0 Å². The molecule has 2 heteroatoms. The highest BCUT2D eigenvalue weighted by Crippen LogP contribution is 2.42. The molecule has 11 rings (SSSR count). The van der Waals surface area contributed by atoms with Crippen molar-refractivity contribution < 1.29 is 5.48 Å². The predicted molar refractivity (Wildman–Crippen MR) is 213 cm³/mol. The molecule has 0 aliphatic heterocycles. The Morgan fingerprint density at radius 3 is 1.80 bits per heavy atom. The number of aromatic nitrogens is 2. The van der Waals surface area contributed by atoms with E-state index in [0.29, 0.717) is 11.1 Å². The van der Waals surface area contributed by atoms with E-state index < -0.39 is 0 Å². The average molecular weight is 639 g/mol. The fourth-order valence-electron chi connectivity index (χ4n) is 8.08. The second-order valence-corrected chi connectivity index (χ2v) is 13.0. The van der Waals surface area contributed by atoms with E-state index in [9.17, 15) is 5.48 Å². The average Bonchev–Trinajstić information content (AvgIpc) is 3.71. The number of hydrogen-bond donors (Lipinski definition) is 0. The Morgan fingerprint density at radius 2 is 0.960 bits per heavy atom. The van der Waals surface area contributed by atoms with Crippen LogP contribution in [0, 0.1) is 0 Å². The first kappa shape index (κ1) is 23.6. The molecular weight excluding hydrogens is 605 g/mol. The number of fused-ring (bicyclic) bond motifs is 10. The van der Waals surface area contributed by atoms with Crippen molar-refractivity contribution in [3.05, 3.63) is 182 Å². The molecule has 0 radical (unpaired) electrons. The summed E-state index contributed by atoms with van der Waals surface area (Å²) < 4.78 is 42.1. The molecule has 0 fully saturated rings. The van der Waals surface area contributed by atoms with Crippen LogP contribution < -0.4 is 0 Å². The molecule has 9 aromatic carbocycles. The van der Waals surface area contributed by atoms with Crippen LogP contribution in [-0.2, 0) is 0 Å². The first-order valence-electron chi connectivity index (χ1n) is 18.9. The molecule has 0 atom stereocenters. The fraction of sp³-hybridized carbons (Fsp3) is 0. The Hall–Kier alpha value is -6.64. The Kier molecular flexibility index (Phi) is 4.93. The van der Waals surface area contributed by atoms with Crippen LogP contribution in [-0.4, -0.2) is 9.13 Å².